The maximum Gasteiger partial charge on any atom is 0.325 e. The summed E-state index contributed by atoms with van der Waals surface area (Å²) in [5.74, 6) is -1.01. The Balaban J connectivity index is 2.84. The lowest BCUT2D eigenvalue weighted by Crippen LogP contribution is -2.25. The second-order valence-electron chi connectivity index (χ2n) is 3.20. The average Bonchev–Trinajstić information content (AvgIpc) is 2.17. The van der Waals surface area contributed by atoms with Crippen molar-refractivity contribution in [3.63, 3.8) is 0 Å². The fourth-order valence-electron chi connectivity index (χ4n) is 1.03. The third-order valence-corrected chi connectivity index (χ3v) is 2.77. The Morgan fingerprint density at radius 2 is 1.81 bits per heavy atom. The number of aliphatic carboxylic acids is 1. The molecular weight excluding hydrogens is 234 g/mol. The Kier molecular flexibility index (Phi) is 3.51. The Morgan fingerprint density at radius 3 is 2.19 bits per heavy atom. The molecule has 0 aliphatic carbocycles. The normalized spacial score (nSPS) is 13.1. The van der Waals surface area contributed by atoms with Gasteiger partial charge in [-0.15, -0.1) is 0 Å². The molecule has 0 spiro atoms. The summed E-state index contributed by atoms with van der Waals surface area (Å²) in [4.78, 5) is 10.3. The van der Waals surface area contributed by atoms with Crippen molar-refractivity contribution in [1.29, 1.82) is 0 Å². The van der Waals surface area contributed by atoms with E-state index in [9.17, 15) is 13.2 Å². The molecule has 0 heterocycles. The van der Waals surface area contributed by atoms with Gasteiger partial charge in [0.05, 0.1) is 4.90 Å². The molecule has 0 saturated heterocycles. The van der Waals surface area contributed by atoms with Crippen LogP contribution in [0, 0.1) is 0 Å². The molecular formula is C9H11NO5S. The van der Waals surface area contributed by atoms with Crippen LogP contribution in [0.1, 0.15) is 6.92 Å². The molecule has 1 unspecified atom stereocenters. The summed E-state index contributed by atoms with van der Waals surface area (Å²) < 4.78 is 30.1. The van der Waals surface area contributed by atoms with Crippen LogP contribution >= 0.6 is 0 Å². The van der Waals surface area contributed by atoms with Gasteiger partial charge in [-0.25, -0.2) is 0 Å². The Morgan fingerprint density at radius 1 is 1.31 bits per heavy atom. The molecule has 0 saturated carbocycles. The van der Waals surface area contributed by atoms with Gasteiger partial charge in [-0.2, -0.15) is 8.42 Å². The first-order valence-electron chi connectivity index (χ1n) is 4.37. The molecule has 1 aromatic carbocycles. The van der Waals surface area contributed by atoms with Crippen molar-refractivity contribution < 1.29 is 22.9 Å². The van der Waals surface area contributed by atoms with Crippen molar-refractivity contribution in [3.05, 3.63) is 24.3 Å². The molecule has 1 atom stereocenters. The van der Waals surface area contributed by atoms with E-state index in [2.05, 4.69) is 5.32 Å². The third-order valence-electron chi connectivity index (χ3n) is 1.91. The molecule has 1 rings (SSSR count). The van der Waals surface area contributed by atoms with E-state index in [0.29, 0.717) is 5.69 Å². The number of benzene rings is 1. The highest BCUT2D eigenvalue weighted by Gasteiger charge is 2.12. The largest absolute Gasteiger partial charge is 0.480 e. The van der Waals surface area contributed by atoms with Crippen molar-refractivity contribution in [3.8, 4) is 0 Å². The van der Waals surface area contributed by atoms with Gasteiger partial charge in [0.15, 0.2) is 0 Å². The number of carbonyl (C=O) groups is 1. The van der Waals surface area contributed by atoms with Gasteiger partial charge in [-0.05, 0) is 31.2 Å². The minimum atomic E-state index is -4.21. The number of carboxylic acid groups (broad SMARTS) is 1. The van der Waals surface area contributed by atoms with Crippen molar-refractivity contribution in [1.82, 2.24) is 0 Å². The van der Waals surface area contributed by atoms with Crippen LogP contribution < -0.4 is 5.32 Å². The zero-order valence-corrected chi connectivity index (χ0v) is 9.23. The van der Waals surface area contributed by atoms with Crippen molar-refractivity contribution >= 4 is 21.8 Å². The third kappa shape index (κ3) is 3.21. The molecule has 1 aromatic rings. The highest BCUT2D eigenvalue weighted by molar-refractivity contribution is 7.85. The van der Waals surface area contributed by atoms with Crippen LogP contribution in [0.5, 0.6) is 0 Å². The van der Waals surface area contributed by atoms with Crippen LogP contribution in [0.2, 0.25) is 0 Å². The van der Waals surface area contributed by atoms with E-state index >= 15 is 0 Å². The van der Waals surface area contributed by atoms with E-state index < -0.39 is 22.1 Å². The summed E-state index contributed by atoms with van der Waals surface area (Å²) in [5.41, 5.74) is 0.460. The van der Waals surface area contributed by atoms with Crippen molar-refractivity contribution in [2.24, 2.45) is 0 Å². The molecule has 0 fully saturated rings. The van der Waals surface area contributed by atoms with Gasteiger partial charge in [-0.3, -0.25) is 9.35 Å². The number of rotatable bonds is 4. The molecule has 3 N–H and O–H groups in total. The number of anilines is 1. The lowest BCUT2D eigenvalue weighted by molar-refractivity contribution is -0.137. The second kappa shape index (κ2) is 4.50. The number of hydrogen-bond donors (Lipinski definition) is 3. The molecule has 0 aliphatic rings. The van der Waals surface area contributed by atoms with E-state index in [-0.39, 0.29) is 4.90 Å². The molecule has 0 aliphatic heterocycles. The van der Waals surface area contributed by atoms with Crippen LogP contribution in [0.25, 0.3) is 0 Å². The summed E-state index contributed by atoms with van der Waals surface area (Å²) in [6, 6.07) is 4.35. The maximum absolute atomic E-state index is 10.7. The minimum Gasteiger partial charge on any atom is -0.480 e. The Hall–Kier alpha value is -1.60. The SMILES string of the molecule is CC(Nc1ccc(S(=O)(=O)O)cc1)C(=O)O. The molecule has 16 heavy (non-hydrogen) atoms. The molecule has 88 valence electrons. The van der Waals surface area contributed by atoms with Gasteiger partial charge in [0.2, 0.25) is 0 Å². The quantitative estimate of drug-likeness (QED) is 0.678. The number of nitrogens with one attached hydrogen (secondary N) is 1. The lowest BCUT2D eigenvalue weighted by Gasteiger charge is -2.10. The van der Waals surface area contributed by atoms with Gasteiger partial charge in [0, 0.05) is 5.69 Å². The van der Waals surface area contributed by atoms with Crippen LogP contribution in [0.4, 0.5) is 5.69 Å². The number of carboxylic acids is 1. The van der Waals surface area contributed by atoms with Crippen LogP contribution in [0.15, 0.2) is 29.2 Å². The first-order valence-corrected chi connectivity index (χ1v) is 5.81. The van der Waals surface area contributed by atoms with Gasteiger partial charge in [0.25, 0.3) is 10.1 Å². The predicted octanol–water partition coefficient (Wildman–Crippen LogP) is 0.818. The van der Waals surface area contributed by atoms with Gasteiger partial charge in [0.1, 0.15) is 6.04 Å². The van der Waals surface area contributed by atoms with E-state index in [1.807, 2.05) is 0 Å². The van der Waals surface area contributed by atoms with Crippen LogP contribution in [-0.4, -0.2) is 30.1 Å². The fraction of sp³-hybridized carbons (Fsp3) is 0.222. The monoisotopic (exact) mass is 245 g/mol. The summed E-state index contributed by atoms with van der Waals surface area (Å²) in [6.45, 7) is 1.46. The molecule has 6 nitrogen and oxygen atoms in total. The second-order valence-corrected chi connectivity index (χ2v) is 4.63. The summed E-state index contributed by atoms with van der Waals surface area (Å²) >= 11 is 0. The van der Waals surface area contributed by atoms with E-state index in [1.54, 1.807) is 0 Å². The Labute approximate surface area is 92.7 Å². The average molecular weight is 245 g/mol. The summed E-state index contributed by atoms with van der Waals surface area (Å²) in [7, 11) is -4.21. The predicted molar refractivity (Wildman–Crippen MR) is 57.0 cm³/mol. The van der Waals surface area contributed by atoms with E-state index in [0.717, 1.165) is 0 Å². The van der Waals surface area contributed by atoms with E-state index in [4.69, 9.17) is 9.66 Å². The van der Waals surface area contributed by atoms with Crippen LogP contribution in [0.3, 0.4) is 0 Å². The van der Waals surface area contributed by atoms with Crippen LogP contribution in [-0.2, 0) is 14.9 Å². The van der Waals surface area contributed by atoms with Gasteiger partial charge in [-0.1, -0.05) is 0 Å². The van der Waals surface area contributed by atoms with Crippen molar-refractivity contribution in [2.75, 3.05) is 5.32 Å². The first kappa shape index (κ1) is 12.5. The minimum absolute atomic E-state index is 0.235. The first-order chi connectivity index (χ1) is 7.30. The number of hydrogen-bond acceptors (Lipinski definition) is 4. The van der Waals surface area contributed by atoms with Gasteiger partial charge >= 0.3 is 5.97 Å². The molecule has 0 radical (unpaired) electrons. The van der Waals surface area contributed by atoms with E-state index in [1.165, 1.54) is 31.2 Å². The van der Waals surface area contributed by atoms with Gasteiger partial charge < -0.3 is 10.4 Å². The highest BCUT2D eigenvalue weighted by atomic mass is 32.2. The zero-order valence-electron chi connectivity index (χ0n) is 8.41. The molecule has 0 amide bonds. The standard InChI is InChI=1S/C9H11NO5S/c1-6(9(11)12)10-7-2-4-8(5-3-7)16(13,14)15/h2-6,10H,1H3,(H,11,12)(H,13,14,15). The highest BCUT2D eigenvalue weighted by Crippen LogP contribution is 2.14. The zero-order chi connectivity index (χ0) is 12.3. The Bertz CT molecular complexity index is 479. The maximum atomic E-state index is 10.7. The molecule has 0 bridgehead atoms. The smallest absolute Gasteiger partial charge is 0.325 e. The molecule has 7 heteroatoms. The van der Waals surface area contributed by atoms with Crippen molar-refractivity contribution in [2.45, 2.75) is 17.9 Å². The topological polar surface area (TPSA) is 104 Å². The lowest BCUT2D eigenvalue weighted by atomic mass is 10.2. The summed E-state index contributed by atoms with van der Waals surface area (Å²) in [5, 5.41) is 11.3. The molecule has 0 aromatic heterocycles. The fourth-order valence-corrected chi connectivity index (χ4v) is 1.51. The summed E-state index contributed by atoms with van der Waals surface area (Å²) in [6.07, 6.45) is 0.